The number of rotatable bonds is 4. The van der Waals surface area contributed by atoms with Gasteiger partial charge in [-0.15, -0.1) is 0 Å². The van der Waals surface area contributed by atoms with Gasteiger partial charge in [0.15, 0.2) is 5.78 Å². The van der Waals surface area contributed by atoms with Gasteiger partial charge < -0.3 is 4.42 Å². The molecular weight excluding hydrogens is 396 g/mol. The van der Waals surface area contributed by atoms with Crippen LogP contribution in [0.1, 0.15) is 23.0 Å². The maximum atomic E-state index is 13.0. The molecule has 0 bridgehead atoms. The highest BCUT2D eigenvalue weighted by Crippen LogP contribution is 2.27. The first kappa shape index (κ1) is 20.0. The first-order chi connectivity index (χ1) is 14.9. The third-order valence-corrected chi connectivity index (χ3v) is 4.95. The Morgan fingerprint density at radius 3 is 2.19 bits per heavy atom. The van der Waals surface area contributed by atoms with Crippen LogP contribution in [-0.4, -0.2) is 35.6 Å². The lowest BCUT2D eigenvalue weighted by molar-refractivity contribution is -0.128. The third-order valence-electron chi connectivity index (χ3n) is 4.95. The lowest BCUT2D eigenvalue weighted by Crippen LogP contribution is -2.55. The summed E-state index contributed by atoms with van der Waals surface area (Å²) in [7, 11) is 1.32. The van der Waals surface area contributed by atoms with Gasteiger partial charge >= 0.3 is 6.03 Å². The summed E-state index contributed by atoms with van der Waals surface area (Å²) in [6, 6.07) is 17.9. The Morgan fingerprint density at radius 2 is 1.55 bits per heavy atom. The highest BCUT2D eigenvalue weighted by atomic mass is 16.3. The number of imide groups is 2. The molecule has 1 saturated heterocycles. The van der Waals surface area contributed by atoms with Crippen LogP contribution in [0.5, 0.6) is 0 Å². The number of benzene rings is 2. The van der Waals surface area contributed by atoms with Crippen LogP contribution in [0.3, 0.4) is 0 Å². The van der Waals surface area contributed by atoms with Crippen LogP contribution in [0, 0.1) is 0 Å². The molecule has 154 valence electrons. The number of barbiturate groups is 1. The molecule has 0 atom stereocenters. The monoisotopic (exact) mass is 414 g/mol. The van der Waals surface area contributed by atoms with Crippen molar-refractivity contribution in [2.45, 2.75) is 6.92 Å². The molecule has 2 aromatic carbocycles. The van der Waals surface area contributed by atoms with Crippen molar-refractivity contribution in [3.8, 4) is 11.3 Å². The Hall–Kier alpha value is -4.26. The summed E-state index contributed by atoms with van der Waals surface area (Å²) < 4.78 is 5.78. The van der Waals surface area contributed by atoms with E-state index in [0.717, 1.165) is 15.4 Å². The molecule has 4 amide bonds. The van der Waals surface area contributed by atoms with Gasteiger partial charge in [0.05, 0.1) is 5.69 Å². The number of furan rings is 1. The SMILES string of the molecule is CC(=O)c1ccc(-c2ccc(/C=C3\C(=O)N(C)C(=O)N(c4ccccc4)C3=O)o2)cc1. The summed E-state index contributed by atoms with van der Waals surface area (Å²) >= 11 is 0. The Labute approximate surface area is 178 Å². The molecule has 2 heterocycles. The van der Waals surface area contributed by atoms with E-state index in [9.17, 15) is 19.2 Å². The second kappa shape index (κ2) is 7.87. The maximum absolute atomic E-state index is 13.0. The van der Waals surface area contributed by atoms with Crippen molar-refractivity contribution < 1.29 is 23.6 Å². The minimum absolute atomic E-state index is 0.0348. The molecule has 0 radical (unpaired) electrons. The zero-order valence-corrected chi connectivity index (χ0v) is 16.9. The van der Waals surface area contributed by atoms with Crippen molar-refractivity contribution in [2.75, 3.05) is 11.9 Å². The van der Waals surface area contributed by atoms with E-state index in [4.69, 9.17) is 4.42 Å². The zero-order valence-electron chi connectivity index (χ0n) is 16.9. The topological polar surface area (TPSA) is 87.9 Å². The van der Waals surface area contributed by atoms with E-state index in [0.29, 0.717) is 17.0 Å². The fourth-order valence-corrected chi connectivity index (χ4v) is 3.24. The molecule has 1 aliphatic heterocycles. The van der Waals surface area contributed by atoms with Crippen molar-refractivity contribution >= 4 is 35.4 Å². The van der Waals surface area contributed by atoms with Crippen molar-refractivity contribution in [1.82, 2.24) is 4.90 Å². The second-order valence-electron chi connectivity index (χ2n) is 7.02. The zero-order chi connectivity index (χ0) is 22.1. The van der Waals surface area contributed by atoms with Crippen LogP contribution in [0.15, 0.2) is 76.7 Å². The molecule has 0 saturated carbocycles. The normalized spacial score (nSPS) is 15.7. The summed E-state index contributed by atoms with van der Waals surface area (Å²) in [4.78, 5) is 51.4. The van der Waals surface area contributed by atoms with Gasteiger partial charge in [-0.2, -0.15) is 0 Å². The fraction of sp³-hybridized carbons (Fsp3) is 0.0833. The summed E-state index contributed by atoms with van der Waals surface area (Å²) in [5.41, 5.74) is 1.52. The first-order valence-corrected chi connectivity index (χ1v) is 9.51. The van der Waals surface area contributed by atoms with Crippen LogP contribution in [0.25, 0.3) is 17.4 Å². The summed E-state index contributed by atoms with van der Waals surface area (Å²) in [5.74, 6) is -0.651. The minimum atomic E-state index is -0.719. The predicted molar refractivity (Wildman–Crippen MR) is 114 cm³/mol. The summed E-state index contributed by atoms with van der Waals surface area (Å²) in [6.45, 7) is 1.49. The molecule has 3 aromatic rings. The molecular formula is C24H18N2O5. The highest BCUT2D eigenvalue weighted by molar-refractivity contribution is 6.38. The number of hydrogen-bond acceptors (Lipinski definition) is 5. The fourth-order valence-electron chi connectivity index (χ4n) is 3.24. The van der Waals surface area contributed by atoms with E-state index in [-0.39, 0.29) is 17.1 Å². The van der Waals surface area contributed by atoms with E-state index >= 15 is 0 Å². The Balaban J connectivity index is 1.67. The van der Waals surface area contributed by atoms with E-state index in [1.165, 1.54) is 20.0 Å². The van der Waals surface area contributed by atoms with Crippen LogP contribution >= 0.6 is 0 Å². The molecule has 31 heavy (non-hydrogen) atoms. The number of ketones is 1. The average molecular weight is 414 g/mol. The number of carbonyl (C=O) groups is 4. The number of amides is 4. The van der Waals surface area contributed by atoms with Crippen LogP contribution in [0.2, 0.25) is 0 Å². The average Bonchev–Trinajstić information content (AvgIpc) is 3.25. The number of anilines is 1. The van der Waals surface area contributed by atoms with Gasteiger partial charge in [-0.05, 0) is 37.3 Å². The molecule has 7 nitrogen and oxygen atoms in total. The van der Waals surface area contributed by atoms with Crippen molar-refractivity contribution in [3.63, 3.8) is 0 Å². The minimum Gasteiger partial charge on any atom is -0.457 e. The van der Waals surface area contributed by atoms with Gasteiger partial charge in [0.25, 0.3) is 11.8 Å². The van der Waals surface area contributed by atoms with Gasteiger partial charge in [-0.25, -0.2) is 9.69 Å². The molecule has 7 heteroatoms. The Morgan fingerprint density at radius 1 is 0.871 bits per heavy atom. The maximum Gasteiger partial charge on any atom is 0.338 e. The van der Waals surface area contributed by atoms with Crippen LogP contribution in [-0.2, 0) is 9.59 Å². The molecule has 1 aromatic heterocycles. The van der Waals surface area contributed by atoms with E-state index in [1.54, 1.807) is 66.7 Å². The molecule has 0 aliphatic carbocycles. The standard InChI is InChI=1S/C24H18N2O5/c1-15(27)16-8-10-17(11-9-16)21-13-12-19(31-21)14-20-22(28)25(2)24(30)26(23(20)29)18-6-4-3-5-7-18/h3-14H,1-2H3/b20-14+. The number of carbonyl (C=O) groups excluding carboxylic acids is 4. The molecule has 0 unspecified atom stereocenters. The van der Waals surface area contributed by atoms with Crippen LogP contribution < -0.4 is 4.90 Å². The number of Topliss-reactive ketones (excluding diaryl/α,β-unsaturated/α-hetero) is 1. The van der Waals surface area contributed by atoms with E-state index < -0.39 is 17.8 Å². The highest BCUT2D eigenvalue weighted by Gasteiger charge is 2.41. The predicted octanol–water partition coefficient (Wildman–Crippen LogP) is 4.16. The van der Waals surface area contributed by atoms with Crippen LogP contribution in [0.4, 0.5) is 10.5 Å². The van der Waals surface area contributed by atoms with Crippen molar-refractivity contribution in [2.24, 2.45) is 0 Å². The lowest BCUT2D eigenvalue weighted by atomic mass is 10.1. The summed E-state index contributed by atoms with van der Waals surface area (Å²) in [5, 5.41) is 0. The van der Waals surface area contributed by atoms with Gasteiger partial charge in [-0.3, -0.25) is 19.3 Å². The molecule has 0 spiro atoms. The molecule has 1 fully saturated rings. The quantitative estimate of drug-likeness (QED) is 0.363. The smallest absolute Gasteiger partial charge is 0.338 e. The van der Waals surface area contributed by atoms with Crippen molar-refractivity contribution in [1.29, 1.82) is 0 Å². The Kier molecular flexibility index (Phi) is 5.09. The molecule has 4 rings (SSSR count). The number of para-hydroxylation sites is 1. The number of urea groups is 1. The number of hydrogen-bond donors (Lipinski definition) is 0. The number of nitrogens with zero attached hydrogens (tertiary/aromatic N) is 2. The van der Waals surface area contributed by atoms with E-state index in [2.05, 4.69) is 0 Å². The van der Waals surface area contributed by atoms with Gasteiger partial charge in [0, 0.05) is 18.2 Å². The van der Waals surface area contributed by atoms with Crippen molar-refractivity contribution in [3.05, 3.63) is 83.6 Å². The first-order valence-electron chi connectivity index (χ1n) is 9.51. The third kappa shape index (κ3) is 3.69. The summed E-state index contributed by atoms with van der Waals surface area (Å²) in [6.07, 6.45) is 1.33. The van der Waals surface area contributed by atoms with Gasteiger partial charge in [-0.1, -0.05) is 42.5 Å². The number of likely N-dealkylation sites (N-methyl/N-ethyl adjacent to an activating group) is 1. The molecule has 1 aliphatic rings. The Bertz CT molecular complexity index is 1220. The second-order valence-corrected chi connectivity index (χ2v) is 7.02. The van der Waals surface area contributed by atoms with Gasteiger partial charge in [0.1, 0.15) is 17.1 Å². The largest absolute Gasteiger partial charge is 0.457 e. The van der Waals surface area contributed by atoms with E-state index in [1.807, 2.05) is 0 Å². The molecule has 0 N–H and O–H groups in total. The van der Waals surface area contributed by atoms with Gasteiger partial charge in [0.2, 0.25) is 0 Å². The lowest BCUT2D eigenvalue weighted by Gasteiger charge is -2.31.